The van der Waals surface area contributed by atoms with Gasteiger partial charge < -0.3 is 4.74 Å². The van der Waals surface area contributed by atoms with E-state index in [0.717, 1.165) is 13.0 Å². The van der Waals surface area contributed by atoms with Gasteiger partial charge in [-0.2, -0.15) is 0 Å². The molecule has 1 nitrogen and oxygen atoms in total. The van der Waals surface area contributed by atoms with E-state index in [4.69, 9.17) is 4.74 Å². The molecule has 0 saturated heterocycles. The van der Waals surface area contributed by atoms with Crippen LogP contribution >= 0.6 is 0 Å². The first-order chi connectivity index (χ1) is 4.72. The van der Waals surface area contributed by atoms with Gasteiger partial charge in [0, 0.05) is 6.61 Å². The zero-order valence-electron chi connectivity index (χ0n) is 7.48. The summed E-state index contributed by atoms with van der Waals surface area (Å²) in [5, 5.41) is 0. The third-order valence-electron chi connectivity index (χ3n) is 1.67. The van der Waals surface area contributed by atoms with Crippen LogP contribution in [0.25, 0.3) is 0 Å². The van der Waals surface area contributed by atoms with Crippen LogP contribution < -0.4 is 0 Å². The highest BCUT2D eigenvalue weighted by Gasteiger charge is 2.00. The lowest BCUT2D eigenvalue weighted by Gasteiger charge is -2.11. The zero-order valence-corrected chi connectivity index (χ0v) is 7.48. The van der Waals surface area contributed by atoms with E-state index in [-0.39, 0.29) is 0 Å². The quantitative estimate of drug-likeness (QED) is 0.548. The highest BCUT2D eigenvalue weighted by Crippen LogP contribution is 2.04. The van der Waals surface area contributed by atoms with Gasteiger partial charge in [0.05, 0.1) is 6.10 Å². The molecule has 0 fully saturated rings. The maximum Gasteiger partial charge on any atom is 0.0754 e. The van der Waals surface area contributed by atoms with Crippen molar-refractivity contribution in [3.63, 3.8) is 0 Å². The van der Waals surface area contributed by atoms with Crippen molar-refractivity contribution >= 4 is 0 Å². The minimum atomic E-state index is 0.296. The Kier molecular flexibility index (Phi) is 5.32. The van der Waals surface area contributed by atoms with Crippen LogP contribution in [-0.4, -0.2) is 12.7 Å². The van der Waals surface area contributed by atoms with E-state index in [1.165, 1.54) is 5.57 Å². The van der Waals surface area contributed by atoms with Crippen LogP contribution in [0.4, 0.5) is 0 Å². The molecule has 0 N–H and O–H groups in total. The molecule has 0 aromatic carbocycles. The average molecular weight is 142 g/mol. The fraction of sp³-hybridized carbons (Fsp3) is 0.778. The standard InChI is InChI=1S/C9H18O/c1-5-7-10-9(4)8(3)6-2/h6,9H,5,7H2,1-4H3. The Morgan fingerprint density at radius 1 is 1.60 bits per heavy atom. The predicted molar refractivity (Wildman–Crippen MR) is 45.1 cm³/mol. The molecule has 1 atom stereocenters. The average Bonchev–Trinajstić information content (AvgIpc) is 1.98. The van der Waals surface area contributed by atoms with Gasteiger partial charge in [-0.1, -0.05) is 13.0 Å². The summed E-state index contributed by atoms with van der Waals surface area (Å²) in [6.45, 7) is 9.22. The minimum absolute atomic E-state index is 0.296. The van der Waals surface area contributed by atoms with Crippen molar-refractivity contribution in [1.29, 1.82) is 0 Å². The van der Waals surface area contributed by atoms with Gasteiger partial charge in [-0.25, -0.2) is 0 Å². The van der Waals surface area contributed by atoms with Crippen molar-refractivity contribution < 1.29 is 4.74 Å². The third-order valence-corrected chi connectivity index (χ3v) is 1.67. The van der Waals surface area contributed by atoms with Gasteiger partial charge in [0.2, 0.25) is 0 Å². The van der Waals surface area contributed by atoms with Crippen molar-refractivity contribution in [2.75, 3.05) is 6.61 Å². The lowest BCUT2D eigenvalue weighted by atomic mass is 10.2. The highest BCUT2D eigenvalue weighted by molar-refractivity contribution is 5.01. The number of rotatable bonds is 4. The first-order valence-electron chi connectivity index (χ1n) is 3.96. The molecular weight excluding hydrogens is 124 g/mol. The molecule has 0 spiro atoms. The molecule has 0 aliphatic carbocycles. The minimum Gasteiger partial charge on any atom is -0.374 e. The monoisotopic (exact) mass is 142 g/mol. The molecule has 0 rings (SSSR count). The molecule has 0 bridgehead atoms. The SMILES string of the molecule is CC=C(C)C(C)OCCC. The Morgan fingerprint density at radius 2 is 2.20 bits per heavy atom. The Morgan fingerprint density at radius 3 is 2.60 bits per heavy atom. The molecule has 0 aliphatic heterocycles. The number of ether oxygens (including phenoxy) is 1. The first-order valence-corrected chi connectivity index (χ1v) is 3.96. The molecule has 0 aromatic heterocycles. The molecule has 0 amide bonds. The summed E-state index contributed by atoms with van der Waals surface area (Å²) >= 11 is 0. The van der Waals surface area contributed by atoms with Crippen molar-refractivity contribution in [2.24, 2.45) is 0 Å². The molecular formula is C9H18O. The number of hydrogen-bond acceptors (Lipinski definition) is 1. The fourth-order valence-corrected chi connectivity index (χ4v) is 0.661. The topological polar surface area (TPSA) is 9.23 Å². The summed E-state index contributed by atoms with van der Waals surface area (Å²) in [6, 6.07) is 0. The van der Waals surface area contributed by atoms with Crippen LogP contribution in [0.15, 0.2) is 11.6 Å². The van der Waals surface area contributed by atoms with Crippen LogP contribution in [0.5, 0.6) is 0 Å². The molecule has 0 aromatic rings. The summed E-state index contributed by atoms with van der Waals surface area (Å²) in [5.74, 6) is 0. The lowest BCUT2D eigenvalue weighted by Crippen LogP contribution is -2.09. The fourth-order valence-electron chi connectivity index (χ4n) is 0.661. The maximum absolute atomic E-state index is 5.48. The van der Waals surface area contributed by atoms with E-state index in [1.807, 2.05) is 6.92 Å². The zero-order chi connectivity index (χ0) is 7.98. The number of hydrogen-bond donors (Lipinski definition) is 0. The smallest absolute Gasteiger partial charge is 0.0754 e. The van der Waals surface area contributed by atoms with Crippen LogP contribution in [0, 0.1) is 0 Å². The second-order valence-corrected chi connectivity index (χ2v) is 2.55. The van der Waals surface area contributed by atoms with Gasteiger partial charge in [-0.15, -0.1) is 0 Å². The summed E-state index contributed by atoms with van der Waals surface area (Å²) in [7, 11) is 0. The van der Waals surface area contributed by atoms with Crippen LogP contribution in [-0.2, 0) is 4.74 Å². The van der Waals surface area contributed by atoms with E-state index in [9.17, 15) is 0 Å². The normalized spacial score (nSPS) is 15.4. The molecule has 0 saturated carbocycles. The second-order valence-electron chi connectivity index (χ2n) is 2.55. The maximum atomic E-state index is 5.48. The third kappa shape index (κ3) is 3.67. The first kappa shape index (κ1) is 9.70. The van der Waals surface area contributed by atoms with Crippen molar-refractivity contribution in [3.8, 4) is 0 Å². The predicted octanol–water partition coefficient (Wildman–Crippen LogP) is 2.77. The Balaban J connectivity index is 3.51. The molecule has 1 unspecified atom stereocenters. The molecule has 0 aliphatic rings. The Hall–Kier alpha value is -0.300. The Bertz CT molecular complexity index is 105. The van der Waals surface area contributed by atoms with Gasteiger partial charge in [-0.05, 0) is 32.8 Å². The summed E-state index contributed by atoms with van der Waals surface area (Å²) < 4.78 is 5.48. The van der Waals surface area contributed by atoms with E-state index in [0.29, 0.717) is 6.10 Å². The van der Waals surface area contributed by atoms with Crippen LogP contribution in [0.3, 0.4) is 0 Å². The summed E-state index contributed by atoms with van der Waals surface area (Å²) in [4.78, 5) is 0. The van der Waals surface area contributed by atoms with Gasteiger partial charge >= 0.3 is 0 Å². The van der Waals surface area contributed by atoms with Crippen molar-refractivity contribution in [2.45, 2.75) is 40.2 Å². The van der Waals surface area contributed by atoms with Crippen molar-refractivity contribution in [1.82, 2.24) is 0 Å². The highest BCUT2D eigenvalue weighted by atomic mass is 16.5. The van der Waals surface area contributed by atoms with Gasteiger partial charge in [-0.3, -0.25) is 0 Å². The molecule has 60 valence electrons. The number of allylic oxidation sites excluding steroid dienone is 1. The summed E-state index contributed by atoms with van der Waals surface area (Å²) in [6.07, 6.45) is 3.49. The molecule has 1 heteroatoms. The molecule has 10 heavy (non-hydrogen) atoms. The summed E-state index contributed by atoms with van der Waals surface area (Å²) in [5.41, 5.74) is 1.31. The van der Waals surface area contributed by atoms with E-state index >= 15 is 0 Å². The van der Waals surface area contributed by atoms with Crippen LogP contribution in [0.2, 0.25) is 0 Å². The van der Waals surface area contributed by atoms with E-state index in [1.54, 1.807) is 0 Å². The van der Waals surface area contributed by atoms with E-state index in [2.05, 4.69) is 26.8 Å². The molecule has 0 radical (unpaired) electrons. The second kappa shape index (κ2) is 5.48. The van der Waals surface area contributed by atoms with E-state index < -0.39 is 0 Å². The van der Waals surface area contributed by atoms with Gasteiger partial charge in [0.1, 0.15) is 0 Å². The largest absolute Gasteiger partial charge is 0.374 e. The van der Waals surface area contributed by atoms with Crippen molar-refractivity contribution in [3.05, 3.63) is 11.6 Å². The Labute approximate surface area is 64.1 Å². The molecule has 0 heterocycles. The van der Waals surface area contributed by atoms with Crippen LogP contribution in [0.1, 0.15) is 34.1 Å². The van der Waals surface area contributed by atoms with Gasteiger partial charge in [0.15, 0.2) is 0 Å². The lowest BCUT2D eigenvalue weighted by molar-refractivity contribution is 0.0903. The van der Waals surface area contributed by atoms with Gasteiger partial charge in [0.25, 0.3) is 0 Å².